The summed E-state index contributed by atoms with van der Waals surface area (Å²) < 4.78 is 37.6. The number of benzene rings is 1. The summed E-state index contributed by atoms with van der Waals surface area (Å²) in [7, 11) is 0. The number of hydrogen-bond acceptors (Lipinski definition) is 4. The average Bonchev–Trinajstić information content (AvgIpc) is 2.61. The van der Waals surface area contributed by atoms with Crippen LogP contribution in [-0.4, -0.2) is 27.2 Å². The molecule has 0 atom stereocenters. The van der Waals surface area contributed by atoms with Gasteiger partial charge >= 0.3 is 12.1 Å². The van der Waals surface area contributed by atoms with Crippen molar-refractivity contribution in [3.63, 3.8) is 0 Å². The molecule has 0 radical (unpaired) electrons. The first-order valence-corrected chi connectivity index (χ1v) is 8.42. The van der Waals surface area contributed by atoms with Crippen LogP contribution in [0.5, 0.6) is 5.75 Å². The van der Waals surface area contributed by atoms with Gasteiger partial charge in [0, 0.05) is 29.0 Å². The molecule has 1 N–H and O–H groups in total. The summed E-state index contributed by atoms with van der Waals surface area (Å²) in [6.07, 6.45) is -1.98. The molecule has 28 heavy (non-hydrogen) atoms. The maximum atomic E-state index is 10.6. The molecule has 3 aromatic rings. The Labute approximate surface area is 167 Å². The standard InChI is InChI=1S/C16H12Cl2N2O.C2HF3O2/c1-10-5-6-11-3-2-4-15(16(11)20-10)21-9-12-13(17)7-19-8-14(12)18;3-2(4,5)1(6)7/h2-8H,9H2,1H3;(H,6,7). The maximum Gasteiger partial charge on any atom is 0.490 e. The number of aromatic nitrogens is 2. The van der Waals surface area contributed by atoms with Gasteiger partial charge in [-0.05, 0) is 19.1 Å². The average molecular weight is 433 g/mol. The van der Waals surface area contributed by atoms with E-state index in [2.05, 4.69) is 9.97 Å². The highest BCUT2D eigenvalue weighted by Gasteiger charge is 2.38. The van der Waals surface area contributed by atoms with Crippen molar-refractivity contribution in [2.45, 2.75) is 19.7 Å². The fourth-order valence-corrected chi connectivity index (χ4v) is 2.53. The number of hydrogen-bond donors (Lipinski definition) is 1. The number of rotatable bonds is 3. The second-order valence-electron chi connectivity index (χ2n) is 5.45. The van der Waals surface area contributed by atoms with E-state index < -0.39 is 12.1 Å². The van der Waals surface area contributed by atoms with E-state index in [1.54, 1.807) is 12.4 Å². The summed E-state index contributed by atoms with van der Waals surface area (Å²) in [6, 6.07) is 9.82. The Morgan fingerprint density at radius 3 is 2.32 bits per heavy atom. The van der Waals surface area contributed by atoms with E-state index in [4.69, 9.17) is 37.8 Å². The molecule has 0 aliphatic rings. The molecule has 0 spiro atoms. The minimum Gasteiger partial charge on any atom is -0.487 e. The first kappa shape index (κ1) is 21.7. The fourth-order valence-electron chi connectivity index (χ4n) is 2.06. The van der Waals surface area contributed by atoms with Crippen molar-refractivity contribution >= 4 is 40.1 Å². The highest BCUT2D eigenvalue weighted by molar-refractivity contribution is 6.35. The van der Waals surface area contributed by atoms with Gasteiger partial charge in [0.2, 0.25) is 0 Å². The third-order valence-electron chi connectivity index (χ3n) is 3.39. The van der Waals surface area contributed by atoms with Crippen LogP contribution in [0.1, 0.15) is 11.3 Å². The van der Waals surface area contributed by atoms with E-state index in [1.807, 2.05) is 37.3 Å². The van der Waals surface area contributed by atoms with Gasteiger partial charge in [0.1, 0.15) is 17.9 Å². The van der Waals surface area contributed by atoms with Gasteiger partial charge in [-0.25, -0.2) is 9.78 Å². The SMILES string of the molecule is Cc1ccc2cccc(OCc3c(Cl)cncc3Cl)c2n1.O=C(O)C(F)(F)F. The summed E-state index contributed by atoms with van der Waals surface area (Å²) in [5.41, 5.74) is 2.50. The molecule has 10 heteroatoms. The number of para-hydroxylation sites is 1. The van der Waals surface area contributed by atoms with Crippen LogP contribution in [0.2, 0.25) is 10.0 Å². The van der Waals surface area contributed by atoms with E-state index >= 15 is 0 Å². The van der Waals surface area contributed by atoms with Crippen molar-refractivity contribution in [2.75, 3.05) is 0 Å². The largest absolute Gasteiger partial charge is 0.490 e. The van der Waals surface area contributed by atoms with Gasteiger partial charge in [0.15, 0.2) is 0 Å². The lowest BCUT2D eigenvalue weighted by molar-refractivity contribution is -0.192. The van der Waals surface area contributed by atoms with Gasteiger partial charge in [0.05, 0.1) is 10.0 Å². The number of pyridine rings is 2. The molecule has 3 rings (SSSR count). The lowest BCUT2D eigenvalue weighted by atomic mass is 10.2. The van der Waals surface area contributed by atoms with Crippen molar-refractivity contribution in [3.8, 4) is 5.75 Å². The quantitative estimate of drug-likeness (QED) is 0.594. The van der Waals surface area contributed by atoms with E-state index in [9.17, 15) is 13.2 Å². The molecule has 1 aromatic carbocycles. The number of carboxylic acid groups (broad SMARTS) is 1. The Balaban J connectivity index is 0.000000345. The minimum atomic E-state index is -5.08. The predicted octanol–water partition coefficient (Wildman–Crippen LogP) is 5.46. The van der Waals surface area contributed by atoms with Crippen molar-refractivity contribution in [1.82, 2.24) is 9.97 Å². The molecule has 2 aromatic heterocycles. The molecule has 5 nitrogen and oxygen atoms in total. The van der Waals surface area contributed by atoms with Gasteiger partial charge in [-0.2, -0.15) is 13.2 Å². The summed E-state index contributed by atoms with van der Waals surface area (Å²) in [5, 5.41) is 9.14. The zero-order valence-corrected chi connectivity index (χ0v) is 15.8. The molecule has 0 aliphatic heterocycles. The predicted molar refractivity (Wildman–Crippen MR) is 98.8 cm³/mol. The molecule has 0 aliphatic carbocycles. The number of halogens is 5. The molecular weight excluding hydrogens is 420 g/mol. The zero-order valence-electron chi connectivity index (χ0n) is 14.3. The Bertz CT molecular complexity index is 977. The van der Waals surface area contributed by atoms with Crippen molar-refractivity contribution < 1.29 is 27.8 Å². The van der Waals surface area contributed by atoms with Gasteiger partial charge in [-0.3, -0.25) is 4.98 Å². The minimum absolute atomic E-state index is 0.273. The Kier molecular flexibility index (Phi) is 7.04. The number of fused-ring (bicyclic) bond motifs is 1. The van der Waals surface area contributed by atoms with Crippen molar-refractivity contribution in [1.29, 1.82) is 0 Å². The molecule has 148 valence electrons. The summed E-state index contributed by atoms with van der Waals surface area (Å²) in [5.74, 6) is -2.05. The second-order valence-corrected chi connectivity index (χ2v) is 6.27. The van der Waals surface area contributed by atoms with E-state index in [-0.39, 0.29) is 6.61 Å². The van der Waals surface area contributed by atoms with Crippen molar-refractivity contribution in [3.05, 3.63) is 64.0 Å². The highest BCUT2D eigenvalue weighted by Crippen LogP contribution is 2.28. The lowest BCUT2D eigenvalue weighted by Crippen LogP contribution is -2.21. The van der Waals surface area contributed by atoms with Crippen LogP contribution in [0.3, 0.4) is 0 Å². The molecular formula is C18H13Cl2F3N2O3. The first-order valence-electron chi connectivity index (χ1n) is 7.66. The molecule has 2 heterocycles. The van der Waals surface area contributed by atoms with Crippen LogP contribution in [0.25, 0.3) is 10.9 Å². The highest BCUT2D eigenvalue weighted by atomic mass is 35.5. The lowest BCUT2D eigenvalue weighted by Gasteiger charge is -2.11. The molecule has 0 fully saturated rings. The van der Waals surface area contributed by atoms with Gasteiger partial charge in [-0.1, -0.05) is 41.4 Å². The van der Waals surface area contributed by atoms with Crippen LogP contribution >= 0.6 is 23.2 Å². The summed E-state index contributed by atoms with van der Waals surface area (Å²) in [4.78, 5) is 17.4. The number of aliphatic carboxylic acids is 1. The Hall–Kier alpha value is -2.58. The molecule has 0 saturated carbocycles. The monoisotopic (exact) mass is 432 g/mol. The third-order valence-corrected chi connectivity index (χ3v) is 4.04. The van der Waals surface area contributed by atoms with Gasteiger partial charge < -0.3 is 9.84 Å². The number of ether oxygens (including phenoxy) is 1. The smallest absolute Gasteiger partial charge is 0.487 e. The number of nitrogens with zero attached hydrogens (tertiary/aromatic N) is 2. The van der Waals surface area contributed by atoms with E-state index in [1.165, 1.54) is 0 Å². The molecule has 0 saturated heterocycles. The normalized spacial score (nSPS) is 10.9. The van der Waals surface area contributed by atoms with Gasteiger partial charge in [-0.15, -0.1) is 0 Å². The summed E-state index contributed by atoms with van der Waals surface area (Å²) in [6.45, 7) is 2.22. The summed E-state index contributed by atoms with van der Waals surface area (Å²) >= 11 is 12.2. The van der Waals surface area contributed by atoms with Crippen LogP contribution in [0.15, 0.2) is 42.7 Å². The fraction of sp³-hybridized carbons (Fsp3) is 0.167. The molecule has 0 bridgehead atoms. The number of carboxylic acids is 1. The van der Waals surface area contributed by atoms with Crippen molar-refractivity contribution in [2.24, 2.45) is 0 Å². The molecule has 0 amide bonds. The number of alkyl halides is 3. The van der Waals surface area contributed by atoms with Crippen LogP contribution in [-0.2, 0) is 11.4 Å². The van der Waals surface area contributed by atoms with Crippen LogP contribution in [0, 0.1) is 6.92 Å². The number of carbonyl (C=O) groups is 1. The third kappa shape index (κ3) is 5.71. The molecule has 0 unspecified atom stereocenters. The van der Waals surface area contributed by atoms with Crippen LogP contribution < -0.4 is 4.74 Å². The first-order chi connectivity index (χ1) is 13.1. The van der Waals surface area contributed by atoms with E-state index in [0.717, 1.165) is 22.2 Å². The van der Waals surface area contributed by atoms with Crippen LogP contribution in [0.4, 0.5) is 13.2 Å². The second kappa shape index (κ2) is 9.07. The Morgan fingerprint density at radius 1 is 1.14 bits per heavy atom. The van der Waals surface area contributed by atoms with Gasteiger partial charge in [0.25, 0.3) is 0 Å². The topological polar surface area (TPSA) is 72.3 Å². The maximum absolute atomic E-state index is 10.6. The zero-order chi connectivity index (χ0) is 20.9. The number of aryl methyl sites for hydroxylation is 1. The van der Waals surface area contributed by atoms with E-state index in [0.29, 0.717) is 15.8 Å². The Morgan fingerprint density at radius 2 is 1.75 bits per heavy atom.